The van der Waals surface area contributed by atoms with Crippen molar-refractivity contribution >= 4 is 17.9 Å². The summed E-state index contributed by atoms with van der Waals surface area (Å²) in [4.78, 5) is 42.2. The van der Waals surface area contributed by atoms with Gasteiger partial charge in [-0.2, -0.15) is 0 Å². The van der Waals surface area contributed by atoms with Gasteiger partial charge in [-0.15, -0.1) is 6.58 Å². The van der Waals surface area contributed by atoms with Crippen LogP contribution in [0.4, 0.5) is 4.79 Å². The second-order valence-corrected chi connectivity index (χ2v) is 10.9. The molecule has 0 radical (unpaired) electrons. The molecule has 2 unspecified atom stereocenters. The lowest BCUT2D eigenvalue weighted by Gasteiger charge is -2.34. The summed E-state index contributed by atoms with van der Waals surface area (Å²) < 4.78 is 5.47. The average Bonchev–Trinajstić information content (AvgIpc) is 2.87. The monoisotopic (exact) mass is 535 g/mol. The second-order valence-electron chi connectivity index (χ2n) is 10.9. The van der Waals surface area contributed by atoms with E-state index >= 15 is 0 Å². The Morgan fingerprint density at radius 1 is 1.03 bits per heavy atom. The number of carbonyl (C=O) groups excluding carboxylic acids is 3. The average molecular weight is 536 g/mol. The first-order valence-electron chi connectivity index (χ1n) is 13.8. The molecule has 0 bridgehead atoms. The number of benzene rings is 2. The van der Waals surface area contributed by atoms with Crippen molar-refractivity contribution in [2.24, 2.45) is 0 Å². The minimum Gasteiger partial charge on any atom is -0.444 e. The number of aryl methyl sites for hydroxylation is 2. The van der Waals surface area contributed by atoms with Crippen molar-refractivity contribution in [3.05, 3.63) is 83.4 Å². The predicted octanol–water partition coefficient (Wildman–Crippen LogP) is 5.80. The normalized spacial score (nSPS) is 12.7. The summed E-state index contributed by atoms with van der Waals surface area (Å²) in [6, 6.07) is 13.4. The quantitative estimate of drug-likeness (QED) is 0.251. The highest BCUT2D eigenvalue weighted by molar-refractivity contribution is 5.92. The second kappa shape index (κ2) is 15.1. The summed E-state index contributed by atoms with van der Waals surface area (Å²) in [7, 11) is 0. The molecule has 0 fully saturated rings. The fourth-order valence-corrected chi connectivity index (χ4v) is 4.25. The van der Waals surface area contributed by atoms with Crippen LogP contribution in [0.2, 0.25) is 0 Å². The molecule has 7 nitrogen and oxygen atoms in total. The molecule has 0 spiro atoms. The lowest BCUT2D eigenvalue weighted by Crippen LogP contribution is -2.54. The molecule has 2 aromatic carbocycles. The Kier molecular flexibility index (Phi) is 12.2. The molecular formula is C32H45N3O4. The summed E-state index contributed by atoms with van der Waals surface area (Å²) in [5, 5.41) is 5.79. The lowest BCUT2D eigenvalue weighted by atomic mass is 9.97. The van der Waals surface area contributed by atoms with Crippen LogP contribution in [-0.2, 0) is 20.7 Å². The van der Waals surface area contributed by atoms with E-state index in [9.17, 15) is 14.4 Å². The standard InChI is InChI=1S/C32H45N3O4/c1-8-10-14-19-33-29(36)28(26-18-17-23(3)24(4)21-26)35(20-9-2)30(37)27(22-25-15-12-11-13-16-25)34-31(38)39-32(5,6)7/h9,11-13,15-18,21,27-28H,2,8,10,14,19-20,22H2,1,3-7H3,(H,33,36)(H,34,38). The third-order valence-corrected chi connectivity index (χ3v) is 6.37. The number of hydrogen-bond acceptors (Lipinski definition) is 4. The maximum atomic E-state index is 14.2. The highest BCUT2D eigenvalue weighted by Crippen LogP contribution is 2.25. The number of hydrogen-bond donors (Lipinski definition) is 2. The molecule has 0 aliphatic heterocycles. The van der Waals surface area contributed by atoms with Gasteiger partial charge >= 0.3 is 6.09 Å². The summed E-state index contributed by atoms with van der Waals surface area (Å²) in [5.74, 6) is -0.656. The van der Waals surface area contributed by atoms with Crippen molar-refractivity contribution in [1.82, 2.24) is 15.5 Å². The van der Waals surface area contributed by atoms with Crippen LogP contribution in [0.1, 0.15) is 75.3 Å². The zero-order chi connectivity index (χ0) is 29.0. The molecule has 2 aromatic rings. The van der Waals surface area contributed by atoms with Gasteiger partial charge in [0.15, 0.2) is 0 Å². The number of ether oxygens (including phenoxy) is 1. The molecule has 0 heterocycles. The Morgan fingerprint density at radius 3 is 2.31 bits per heavy atom. The van der Waals surface area contributed by atoms with Crippen molar-refractivity contribution in [2.75, 3.05) is 13.1 Å². The molecule has 2 N–H and O–H groups in total. The SMILES string of the molecule is C=CCN(C(=O)C(Cc1ccccc1)NC(=O)OC(C)(C)C)C(C(=O)NCCCCC)c1ccc(C)c(C)c1. The summed E-state index contributed by atoms with van der Waals surface area (Å²) in [6.07, 6.45) is 4.04. The summed E-state index contributed by atoms with van der Waals surface area (Å²) in [5.41, 5.74) is 2.96. The van der Waals surface area contributed by atoms with Crippen molar-refractivity contribution in [3.63, 3.8) is 0 Å². The van der Waals surface area contributed by atoms with Gasteiger partial charge in [0.1, 0.15) is 17.7 Å². The van der Waals surface area contributed by atoms with Gasteiger partial charge in [0.05, 0.1) is 0 Å². The number of alkyl carbamates (subject to hydrolysis) is 1. The molecule has 0 aromatic heterocycles. The maximum Gasteiger partial charge on any atom is 0.408 e. The highest BCUT2D eigenvalue weighted by Gasteiger charge is 2.36. The van der Waals surface area contributed by atoms with E-state index in [4.69, 9.17) is 4.74 Å². The Hall–Kier alpha value is -3.61. The van der Waals surface area contributed by atoms with Crippen LogP contribution in [0.5, 0.6) is 0 Å². The van der Waals surface area contributed by atoms with Gasteiger partial charge in [-0.05, 0) is 63.3 Å². The first-order chi connectivity index (χ1) is 18.5. The van der Waals surface area contributed by atoms with E-state index in [1.54, 1.807) is 26.8 Å². The molecule has 3 amide bonds. The van der Waals surface area contributed by atoms with E-state index in [0.717, 1.165) is 36.0 Å². The van der Waals surface area contributed by atoms with E-state index in [2.05, 4.69) is 24.1 Å². The number of nitrogens with one attached hydrogen (secondary N) is 2. The van der Waals surface area contributed by atoms with Crippen molar-refractivity contribution in [2.45, 2.75) is 84.9 Å². The topological polar surface area (TPSA) is 87.7 Å². The van der Waals surface area contributed by atoms with E-state index in [1.807, 2.05) is 62.4 Å². The summed E-state index contributed by atoms with van der Waals surface area (Å²) >= 11 is 0. The van der Waals surface area contributed by atoms with Gasteiger partial charge in [-0.1, -0.05) is 74.4 Å². The van der Waals surface area contributed by atoms with Gasteiger partial charge in [0.25, 0.3) is 0 Å². The van der Waals surface area contributed by atoms with E-state index in [0.29, 0.717) is 12.1 Å². The first-order valence-corrected chi connectivity index (χ1v) is 13.8. The Morgan fingerprint density at radius 2 is 1.72 bits per heavy atom. The van der Waals surface area contributed by atoms with E-state index < -0.39 is 29.7 Å². The van der Waals surface area contributed by atoms with Crippen LogP contribution in [0.3, 0.4) is 0 Å². The lowest BCUT2D eigenvalue weighted by molar-refractivity contribution is -0.141. The number of nitrogens with zero attached hydrogens (tertiary/aromatic N) is 1. The van der Waals surface area contributed by atoms with E-state index in [-0.39, 0.29) is 18.9 Å². The van der Waals surface area contributed by atoms with Crippen LogP contribution >= 0.6 is 0 Å². The van der Waals surface area contributed by atoms with Crippen molar-refractivity contribution < 1.29 is 19.1 Å². The highest BCUT2D eigenvalue weighted by atomic mass is 16.6. The third kappa shape index (κ3) is 10.2. The number of rotatable bonds is 13. The largest absolute Gasteiger partial charge is 0.444 e. The maximum absolute atomic E-state index is 14.2. The number of unbranched alkanes of at least 4 members (excludes halogenated alkanes) is 2. The molecule has 7 heteroatoms. The molecule has 212 valence electrons. The van der Waals surface area contributed by atoms with Crippen molar-refractivity contribution in [1.29, 1.82) is 0 Å². The Bertz CT molecular complexity index is 1110. The minimum absolute atomic E-state index is 0.125. The van der Waals surface area contributed by atoms with E-state index in [1.165, 1.54) is 4.90 Å². The fourth-order valence-electron chi connectivity index (χ4n) is 4.25. The van der Waals surface area contributed by atoms with Crippen LogP contribution in [0.25, 0.3) is 0 Å². The summed E-state index contributed by atoms with van der Waals surface area (Å²) in [6.45, 7) is 15.9. The molecule has 39 heavy (non-hydrogen) atoms. The molecule has 0 saturated heterocycles. The third-order valence-electron chi connectivity index (χ3n) is 6.37. The van der Waals surface area contributed by atoms with Crippen LogP contribution < -0.4 is 10.6 Å². The smallest absolute Gasteiger partial charge is 0.408 e. The number of carbonyl (C=O) groups is 3. The van der Waals surface area contributed by atoms with Crippen LogP contribution in [-0.4, -0.2) is 47.5 Å². The van der Waals surface area contributed by atoms with Gasteiger partial charge in [0, 0.05) is 19.5 Å². The van der Waals surface area contributed by atoms with Gasteiger partial charge < -0.3 is 20.3 Å². The molecule has 2 atom stereocenters. The Balaban J connectivity index is 2.50. The van der Waals surface area contributed by atoms with Gasteiger partial charge in [-0.3, -0.25) is 9.59 Å². The number of amides is 3. The van der Waals surface area contributed by atoms with Gasteiger partial charge in [0.2, 0.25) is 11.8 Å². The van der Waals surface area contributed by atoms with Crippen LogP contribution in [0.15, 0.2) is 61.2 Å². The fraction of sp³-hybridized carbons (Fsp3) is 0.469. The zero-order valence-electron chi connectivity index (χ0n) is 24.4. The molecule has 2 rings (SSSR count). The molecule has 0 aliphatic carbocycles. The molecular weight excluding hydrogens is 490 g/mol. The van der Waals surface area contributed by atoms with Crippen molar-refractivity contribution in [3.8, 4) is 0 Å². The van der Waals surface area contributed by atoms with Crippen LogP contribution in [0, 0.1) is 13.8 Å². The molecule has 0 aliphatic rings. The zero-order valence-corrected chi connectivity index (χ0v) is 24.4. The predicted molar refractivity (Wildman–Crippen MR) is 156 cm³/mol. The minimum atomic E-state index is -0.955. The molecule has 0 saturated carbocycles. The van der Waals surface area contributed by atoms with Gasteiger partial charge in [-0.25, -0.2) is 4.79 Å². The Labute approximate surface area is 234 Å². The first kappa shape index (κ1) is 31.6.